The Kier molecular flexibility index (Phi) is 6.41. The number of fused-ring (bicyclic) bond motifs is 5. The Morgan fingerprint density at radius 1 is 1.05 bits per heavy atom. The molecule has 0 radical (unpaired) electrons. The van der Waals surface area contributed by atoms with Crippen molar-refractivity contribution in [3.05, 3.63) is 11.6 Å². The van der Waals surface area contributed by atoms with Gasteiger partial charge in [-0.2, -0.15) is 0 Å². The number of ether oxygens (including phenoxy) is 3. The first-order chi connectivity index (χ1) is 18.0. The minimum absolute atomic E-state index is 0.0729. The van der Waals surface area contributed by atoms with Crippen LogP contribution in [0.3, 0.4) is 0 Å². The average molecular weight is 535 g/mol. The summed E-state index contributed by atoms with van der Waals surface area (Å²) in [5.41, 5.74) is -2.60. The third kappa shape index (κ3) is 3.65. The zero-order valence-corrected chi connectivity index (χ0v) is 22.4. The van der Waals surface area contributed by atoms with E-state index in [1.165, 1.54) is 0 Å². The fourth-order valence-corrected chi connectivity index (χ4v) is 9.76. The lowest BCUT2D eigenvalue weighted by Gasteiger charge is -2.65. The number of aliphatic hydroxyl groups is 4. The Bertz CT molecular complexity index is 1000. The predicted octanol–water partition coefficient (Wildman–Crippen LogP) is 1.78. The third-order valence-electron chi connectivity index (χ3n) is 11.9. The molecule has 4 N–H and O–H groups in total. The van der Waals surface area contributed by atoms with Crippen molar-refractivity contribution in [2.45, 2.75) is 120 Å². The van der Waals surface area contributed by atoms with Crippen LogP contribution in [0.2, 0.25) is 0 Å². The summed E-state index contributed by atoms with van der Waals surface area (Å²) in [7, 11) is 0. The van der Waals surface area contributed by atoms with Gasteiger partial charge in [-0.3, -0.25) is 0 Å². The molecule has 6 rings (SSSR count). The van der Waals surface area contributed by atoms with Gasteiger partial charge >= 0.3 is 5.97 Å². The number of hydrogen-bond acceptors (Lipinski definition) is 9. The second-order valence-electron chi connectivity index (χ2n) is 13.3. The number of rotatable bonds is 4. The molecule has 0 aromatic carbocycles. The Labute approximate surface area is 223 Å². The normalized spacial score (nSPS) is 54.4. The third-order valence-corrected chi connectivity index (χ3v) is 11.9. The van der Waals surface area contributed by atoms with Crippen LogP contribution in [-0.4, -0.2) is 81.2 Å². The van der Waals surface area contributed by atoms with Gasteiger partial charge in [-0.1, -0.05) is 6.92 Å². The van der Waals surface area contributed by atoms with Crippen LogP contribution in [0.15, 0.2) is 11.6 Å². The topological polar surface area (TPSA) is 143 Å². The number of aldehydes is 1. The number of esters is 1. The van der Waals surface area contributed by atoms with Gasteiger partial charge in [-0.15, -0.1) is 0 Å². The van der Waals surface area contributed by atoms with Gasteiger partial charge in [0.15, 0.2) is 6.29 Å². The van der Waals surface area contributed by atoms with Crippen LogP contribution in [0, 0.1) is 28.6 Å². The molecule has 12 atom stereocenters. The monoisotopic (exact) mass is 534 g/mol. The minimum atomic E-state index is -1.24. The molecular formula is C29H42O9. The Balaban J connectivity index is 1.22. The first-order valence-electron chi connectivity index (χ1n) is 14.4. The summed E-state index contributed by atoms with van der Waals surface area (Å²) in [5, 5.41) is 44.6. The fraction of sp³-hybridized carbons (Fsp3) is 0.862. The van der Waals surface area contributed by atoms with Crippen molar-refractivity contribution < 1.29 is 44.2 Å². The van der Waals surface area contributed by atoms with E-state index in [9.17, 15) is 30.0 Å². The van der Waals surface area contributed by atoms with Gasteiger partial charge in [0.2, 0.25) is 0 Å². The molecule has 0 aromatic rings. The molecule has 212 valence electrons. The first-order valence-corrected chi connectivity index (χ1v) is 14.4. The van der Waals surface area contributed by atoms with E-state index in [4.69, 9.17) is 14.2 Å². The Hall–Kier alpha value is -1.36. The standard InChI is InChI=1S/C29H42O9/c1-16-25(33)22(31)12-24(37-16)38-18-3-8-27(15-30)20-4-7-26(2)19(17-11-23(32)36-14-17)6-10-29(26,35)21(20)5-9-28(27,34)13-18/h11,15-16,18-22,24-25,31,33-35H,3-10,12-14H2,1-2H3/t16-,18+,19-,20-,21-,22-,24+,25-,26-,27+,28+,29+/m1/s1. The van der Waals surface area contributed by atoms with E-state index in [1.54, 1.807) is 13.0 Å². The molecule has 2 aliphatic heterocycles. The Morgan fingerprint density at radius 2 is 1.82 bits per heavy atom. The summed E-state index contributed by atoms with van der Waals surface area (Å²) >= 11 is 0. The smallest absolute Gasteiger partial charge is 0.331 e. The lowest BCUT2D eigenvalue weighted by molar-refractivity contribution is -0.286. The summed E-state index contributed by atoms with van der Waals surface area (Å²) < 4.78 is 17.1. The van der Waals surface area contributed by atoms with E-state index in [1.807, 2.05) is 0 Å². The van der Waals surface area contributed by atoms with Crippen molar-refractivity contribution in [2.24, 2.45) is 28.6 Å². The van der Waals surface area contributed by atoms with Crippen LogP contribution in [0.25, 0.3) is 0 Å². The molecule has 1 saturated heterocycles. The van der Waals surface area contributed by atoms with Crippen molar-refractivity contribution in [2.75, 3.05) is 6.61 Å². The summed E-state index contributed by atoms with van der Waals surface area (Å²) in [4.78, 5) is 24.7. The number of cyclic esters (lactones) is 1. The molecule has 0 bridgehead atoms. The summed E-state index contributed by atoms with van der Waals surface area (Å²) in [6.45, 7) is 4.13. The molecule has 6 aliphatic rings. The molecule has 4 aliphatic carbocycles. The van der Waals surface area contributed by atoms with Crippen LogP contribution in [-0.2, 0) is 23.8 Å². The van der Waals surface area contributed by atoms with E-state index in [0.29, 0.717) is 45.1 Å². The predicted molar refractivity (Wildman–Crippen MR) is 133 cm³/mol. The molecule has 9 nitrogen and oxygen atoms in total. The maximum Gasteiger partial charge on any atom is 0.331 e. The van der Waals surface area contributed by atoms with E-state index in [-0.39, 0.29) is 36.2 Å². The van der Waals surface area contributed by atoms with Crippen molar-refractivity contribution >= 4 is 12.3 Å². The second kappa shape index (κ2) is 9.08. The highest BCUT2D eigenvalue weighted by molar-refractivity contribution is 5.85. The van der Waals surface area contributed by atoms with Crippen LogP contribution in [0.4, 0.5) is 0 Å². The lowest BCUT2D eigenvalue weighted by atomic mass is 9.41. The molecular weight excluding hydrogens is 492 g/mol. The maximum absolute atomic E-state index is 12.9. The quantitative estimate of drug-likeness (QED) is 0.241. The van der Waals surface area contributed by atoms with Crippen LogP contribution >= 0.6 is 0 Å². The summed E-state index contributed by atoms with van der Waals surface area (Å²) in [6, 6.07) is 0. The van der Waals surface area contributed by atoms with Crippen molar-refractivity contribution in [3.63, 3.8) is 0 Å². The number of hydrogen-bond donors (Lipinski definition) is 4. The highest BCUT2D eigenvalue weighted by Gasteiger charge is 2.71. The molecule has 2 heterocycles. The minimum Gasteiger partial charge on any atom is -0.458 e. The average Bonchev–Trinajstić information content (AvgIpc) is 3.41. The van der Waals surface area contributed by atoms with Crippen LogP contribution < -0.4 is 0 Å². The maximum atomic E-state index is 12.9. The highest BCUT2D eigenvalue weighted by Crippen LogP contribution is 2.70. The highest BCUT2D eigenvalue weighted by atomic mass is 16.7. The lowest BCUT2D eigenvalue weighted by Crippen LogP contribution is -2.69. The SMILES string of the molecule is C[C@H]1O[C@@H](O[C@H]2CC[C@]3(C=O)[C@@H]4CC[C@]5(C)[C@@H](C6=CC(=O)OC6)CC[C@]5(O)[C@@H]4CC[C@]3(O)C2)C[C@@H](O)[C@@H]1O. The molecule has 38 heavy (non-hydrogen) atoms. The largest absolute Gasteiger partial charge is 0.458 e. The van der Waals surface area contributed by atoms with Gasteiger partial charge in [0.1, 0.15) is 19.0 Å². The summed E-state index contributed by atoms with van der Waals surface area (Å²) in [5.74, 6) is -0.473. The van der Waals surface area contributed by atoms with Crippen molar-refractivity contribution in [3.8, 4) is 0 Å². The van der Waals surface area contributed by atoms with Gasteiger partial charge in [-0.05, 0) is 81.6 Å². The fourth-order valence-electron chi connectivity index (χ4n) is 9.76. The van der Waals surface area contributed by atoms with Crippen molar-refractivity contribution in [1.82, 2.24) is 0 Å². The van der Waals surface area contributed by atoms with E-state index in [0.717, 1.165) is 31.1 Å². The summed E-state index contributed by atoms with van der Waals surface area (Å²) in [6.07, 6.45) is 4.50. The van der Waals surface area contributed by atoms with Crippen molar-refractivity contribution in [1.29, 1.82) is 0 Å². The van der Waals surface area contributed by atoms with Gasteiger partial charge in [-0.25, -0.2) is 4.79 Å². The van der Waals surface area contributed by atoms with Gasteiger partial charge in [0, 0.05) is 24.3 Å². The van der Waals surface area contributed by atoms with Gasteiger partial charge in [0.25, 0.3) is 0 Å². The number of carbonyl (C=O) groups is 2. The molecule has 0 spiro atoms. The molecule has 0 unspecified atom stereocenters. The van der Waals surface area contributed by atoms with E-state index < -0.39 is 46.6 Å². The van der Waals surface area contributed by atoms with Crippen LogP contribution in [0.5, 0.6) is 0 Å². The number of aliphatic hydroxyl groups excluding tert-OH is 2. The van der Waals surface area contributed by atoms with E-state index in [2.05, 4.69) is 6.92 Å². The molecule has 0 aromatic heterocycles. The Morgan fingerprint density at radius 3 is 2.50 bits per heavy atom. The van der Waals surface area contributed by atoms with Gasteiger partial charge in [0.05, 0.1) is 34.9 Å². The molecule has 4 saturated carbocycles. The first kappa shape index (κ1) is 26.8. The molecule has 5 fully saturated rings. The zero-order chi connectivity index (χ0) is 27.1. The number of carbonyl (C=O) groups excluding carboxylic acids is 2. The zero-order valence-electron chi connectivity index (χ0n) is 22.4. The molecule has 0 amide bonds. The van der Waals surface area contributed by atoms with Crippen LogP contribution in [0.1, 0.15) is 78.1 Å². The molecule has 9 heteroatoms. The van der Waals surface area contributed by atoms with E-state index >= 15 is 0 Å². The van der Waals surface area contributed by atoms with Gasteiger partial charge < -0.3 is 39.4 Å². The second-order valence-corrected chi connectivity index (χ2v) is 13.3.